The van der Waals surface area contributed by atoms with Crippen LogP contribution in [-0.2, 0) is 6.54 Å². The zero-order valence-electron chi connectivity index (χ0n) is 17.6. The molecule has 0 aliphatic heterocycles. The van der Waals surface area contributed by atoms with Crippen LogP contribution in [0.2, 0.25) is 0 Å². The second-order valence-corrected chi connectivity index (χ2v) is 8.05. The number of fused-ring (bicyclic) bond motifs is 1. The largest absolute Gasteiger partial charge is 0.334 e. The predicted octanol–water partition coefficient (Wildman–Crippen LogP) is 4.14. The Bertz CT molecular complexity index is 1100. The first-order valence-electron chi connectivity index (χ1n) is 10.8. The Kier molecular flexibility index (Phi) is 6.28. The second kappa shape index (κ2) is 9.27. The zero-order valence-corrected chi connectivity index (χ0v) is 17.6. The predicted molar refractivity (Wildman–Crippen MR) is 117 cm³/mol. The molecule has 0 radical (unpaired) electrons. The highest BCUT2D eigenvalue weighted by atomic mass is 19.1. The molecule has 3 aromatic rings. The quantitative estimate of drug-likeness (QED) is 0.629. The van der Waals surface area contributed by atoms with Crippen LogP contribution < -0.4 is 5.32 Å². The van der Waals surface area contributed by atoms with Crippen LogP contribution in [0.4, 0.5) is 4.39 Å². The number of amides is 1. The maximum absolute atomic E-state index is 13.5. The van der Waals surface area contributed by atoms with Gasteiger partial charge in [0.2, 0.25) is 0 Å². The number of hydrogen-bond acceptors (Lipinski definition) is 4. The number of nitrogens with one attached hydrogen (secondary N) is 2. The summed E-state index contributed by atoms with van der Waals surface area (Å²) in [5.74, 6) is -0.249. The molecule has 31 heavy (non-hydrogen) atoms. The van der Waals surface area contributed by atoms with Crippen LogP contribution in [0.5, 0.6) is 0 Å². The van der Waals surface area contributed by atoms with Gasteiger partial charge in [0.1, 0.15) is 5.82 Å². The lowest BCUT2D eigenvalue weighted by atomic mass is 9.89. The SMILES string of the molecule is CCN(C(=O)c1nc2cc(F)ccc2[nH]1)[C@H]1CCC[C@@H](NCc2ccc(C#N)cc2)C1. The van der Waals surface area contributed by atoms with E-state index in [1.807, 2.05) is 36.1 Å². The lowest BCUT2D eigenvalue weighted by Crippen LogP contribution is -2.47. The summed E-state index contributed by atoms with van der Waals surface area (Å²) in [7, 11) is 0. The Morgan fingerprint density at radius 2 is 2.10 bits per heavy atom. The average molecular weight is 420 g/mol. The van der Waals surface area contributed by atoms with Crippen LogP contribution >= 0.6 is 0 Å². The normalized spacial score (nSPS) is 18.6. The van der Waals surface area contributed by atoms with Crippen LogP contribution in [-0.4, -0.2) is 39.4 Å². The number of hydrogen-bond donors (Lipinski definition) is 2. The molecule has 1 aromatic heterocycles. The van der Waals surface area contributed by atoms with E-state index >= 15 is 0 Å². The molecule has 0 spiro atoms. The third-order valence-electron chi connectivity index (χ3n) is 6.01. The molecule has 1 fully saturated rings. The number of aromatic amines is 1. The Morgan fingerprint density at radius 3 is 2.84 bits per heavy atom. The van der Waals surface area contributed by atoms with E-state index in [0.29, 0.717) is 29.2 Å². The first-order chi connectivity index (χ1) is 15.1. The van der Waals surface area contributed by atoms with Gasteiger partial charge in [-0.3, -0.25) is 4.79 Å². The molecule has 7 heteroatoms. The summed E-state index contributed by atoms with van der Waals surface area (Å²) in [6, 6.07) is 14.5. The minimum Gasteiger partial charge on any atom is -0.334 e. The maximum atomic E-state index is 13.5. The number of nitrogens with zero attached hydrogens (tertiary/aromatic N) is 3. The number of carbonyl (C=O) groups is 1. The monoisotopic (exact) mass is 419 g/mol. The fraction of sp³-hybridized carbons (Fsp3) is 0.375. The van der Waals surface area contributed by atoms with Gasteiger partial charge in [0.15, 0.2) is 5.82 Å². The number of carbonyl (C=O) groups excluding carboxylic acids is 1. The fourth-order valence-electron chi connectivity index (χ4n) is 4.38. The molecule has 160 valence electrons. The molecule has 1 aliphatic carbocycles. The van der Waals surface area contributed by atoms with E-state index in [9.17, 15) is 9.18 Å². The van der Waals surface area contributed by atoms with Gasteiger partial charge in [-0.15, -0.1) is 0 Å². The van der Waals surface area contributed by atoms with Crippen molar-refractivity contribution in [3.05, 3.63) is 65.2 Å². The highest BCUT2D eigenvalue weighted by Gasteiger charge is 2.30. The van der Waals surface area contributed by atoms with Crippen LogP contribution in [0.25, 0.3) is 11.0 Å². The minimum atomic E-state index is -0.367. The molecule has 4 rings (SSSR count). The molecule has 0 saturated heterocycles. The molecule has 0 bridgehead atoms. The molecule has 1 heterocycles. The van der Waals surface area contributed by atoms with Crippen LogP contribution in [0, 0.1) is 17.1 Å². The Hall–Kier alpha value is -3.24. The lowest BCUT2D eigenvalue weighted by Gasteiger charge is -2.37. The van der Waals surface area contributed by atoms with Gasteiger partial charge in [0.05, 0.1) is 22.7 Å². The molecular formula is C24H26FN5O. The van der Waals surface area contributed by atoms with Crippen LogP contribution in [0.3, 0.4) is 0 Å². The van der Waals surface area contributed by atoms with Crippen molar-refractivity contribution < 1.29 is 9.18 Å². The van der Waals surface area contributed by atoms with E-state index in [2.05, 4.69) is 21.4 Å². The molecule has 1 saturated carbocycles. The number of imidazole rings is 1. The zero-order chi connectivity index (χ0) is 21.8. The van der Waals surface area contributed by atoms with Crippen molar-refractivity contribution in [2.24, 2.45) is 0 Å². The summed E-state index contributed by atoms with van der Waals surface area (Å²) >= 11 is 0. The number of H-pyrrole nitrogens is 1. The summed E-state index contributed by atoms with van der Waals surface area (Å²) in [6.07, 6.45) is 3.96. The summed E-state index contributed by atoms with van der Waals surface area (Å²) in [5, 5.41) is 12.5. The van der Waals surface area contributed by atoms with Crippen molar-refractivity contribution in [3.8, 4) is 6.07 Å². The van der Waals surface area contributed by atoms with Gasteiger partial charge >= 0.3 is 0 Å². The van der Waals surface area contributed by atoms with E-state index in [0.717, 1.165) is 37.8 Å². The first-order valence-corrected chi connectivity index (χ1v) is 10.8. The van der Waals surface area contributed by atoms with Crippen molar-refractivity contribution in [2.45, 2.75) is 51.2 Å². The number of benzene rings is 2. The molecule has 1 amide bonds. The first kappa shape index (κ1) is 21.0. The van der Waals surface area contributed by atoms with Crippen molar-refractivity contribution >= 4 is 16.9 Å². The lowest BCUT2D eigenvalue weighted by molar-refractivity contribution is 0.0617. The number of rotatable bonds is 6. The number of halogens is 1. The highest BCUT2D eigenvalue weighted by Crippen LogP contribution is 2.25. The highest BCUT2D eigenvalue weighted by molar-refractivity contribution is 5.94. The molecular weight excluding hydrogens is 393 g/mol. The number of nitriles is 1. The molecule has 2 N–H and O–H groups in total. The van der Waals surface area contributed by atoms with Gasteiger partial charge in [-0.05, 0) is 62.4 Å². The van der Waals surface area contributed by atoms with Crippen LogP contribution in [0.1, 0.15) is 54.4 Å². The van der Waals surface area contributed by atoms with Gasteiger partial charge in [-0.25, -0.2) is 9.37 Å². The van der Waals surface area contributed by atoms with Crippen molar-refractivity contribution in [1.82, 2.24) is 20.2 Å². The Balaban J connectivity index is 1.41. The van der Waals surface area contributed by atoms with Gasteiger partial charge in [-0.2, -0.15) is 5.26 Å². The summed E-state index contributed by atoms with van der Waals surface area (Å²) in [5.41, 5.74) is 2.92. The topological polar surface area (TPSA) is 84.8 Å². The summed E-state index contributed by atoms with van der Waals surface area (Å²) in [4.78, 5) is 22.4. The van der Waals surface area contributed by atoms with Crippen molar-refractivity contribution in [1.29, 1.82) is 5.26 Å². The molecule has 1 aliphatic rings. The standard InChI is InChI=1S/C24H26FN5O/c1-2-30(24(31)23-28-21-11-10-18(25)12-22(21)29-23)20-5-3-4-19(13-20)27-15-17-8-6-16(14-26)7-9-17/h6-12,19-20,27H,2-5,13,15H2,1H3,(H,28,29)/t19-,20+/m1/s1. The molecule has 2 aromatic carbocycles. The van der Waals surface area contributed by atoms with Gasteiger partial charge in [-0.1, -0.05) is 12.1 Å². The maximum Gasteiger partial charge on any atom is 0.289 e. The van der Waals surface area contributed by atoms with Gasteiger partial charge < -0.3 is 15.2 Å². The third-order valence-corrected chi connectivity index (χ3v) is 6.01. The summed E-state index contributed by atoms with van der Waals surface area (Å²) in [6.45, 7) is 3.31. The van der Waals surface area contributed by atoms with Gasteiger partial charge in [0.25, 0.3) is 5.91 Å². The number of aromatic nitrogens is 2. The fourth-order valence-corrected chi connectivity index (χ4v) is 4.38. The van der Waals surface area contributed by atoms with E-state index in [1.165, 1.54) is 12.1 Å². The summed E-state index contributed by atoms with van der Waals surface area (Å²) < 4.78 is 13.5. The smallest absolute Gasteiger partial charge is 0.289 e. The molecule has 0 unspecified atom stereocenters. The minimum absolute atomic E-state index is 0.134. The molecule has 6 nitrogen and oxygen atoms in total. The van der Waals surface area contributed by atoms with E-state index in [4.69, 9.17) is 5.26 Å². The Morgan fingerprint density at radius 1 is 1.29 bits per heavy atom. The molecule has 2 atom stereocenters. The average Bonchev–Trinajstić information content (AvgIpc) is 3.22. The van der Waals surface area contributed by atoms with E-state index in [-0.39, 0.29) is 23.6 Å². The van der Waals surface area contributed by atoms with E-state index < -0.39 is 0 Å². The van der Waals surface area contributed by atoms with Crippen LogP contribution in [0.15, 0.2) is 42.5 Å². The third kappa shape index (κ3) is 4.75. The Labute approximate surface area is 181 Å². The van der Waals surface area contributed by atoms with E-state index in [1.54, 1.807) is 6.07 Å². The van der Waals surface area contributed by atoms with Gasteiger partial charge in [0, 0.05) is 31.2 Å². The second-order valence-electron chi connectivity index (χ2n) is 8.05. The van der Waals surface area contributed by atoms with Crippen molar-refractivity contribution in [3.63, 3.8) is 0 Å². The van der Waals surface area contributed by atoms with Crippen molar-refractivity contribution in [2.75, 3.05) is 6.54 Å².